The van der Waals surface area contributed by atoms with Crippen LogP contribution in [0.1, 0.15) is 33.5 Å². The topological polar surface area (TPSA) is 167 Å². The molecule has 0 amide bonds. The maximum Gasteiger partial charge on any atom is 0.303 e. The molecule has 0 N–H and O–H groups in total. The molecule has 3 heterocycles. The lowest BCUT2D eigenvalue weighted by Gasteiger charge is -2.43. The Balaban J connectivity index is 1.73. The molecule has 0 spiro atoms. The number of carbonyl (C=O) groups excluding carboxylic acids is 4. The maximum atomic E-state index is 13.2. The molecule has 1 aliphatic heterocycles. The summed E-state index contributed by atoms with van der Waals surface area (Å²) in [5.41, 5.74) is 2.37. The third-order valence-corrected chi connectivity index (χ3v) is 6.52. The van der Waals surface area contributed by atoms with Gasteiger partial charge in [-0.15, -0.1) is 11.3 Å². The lowest BCUT2D eigenvalue weighted by atomic mass is 9.98. The smallest absolute Gasteiger partial charge is 0.303 e. The minimum Gasteiger partial charge on any atom is -0.463 e. The van der Waals surface area contributed by atoms with Crippen LogP contribution in [0.25, 0.3) is 22.2 Å². The largest absolute Gasteiger partial charge is 0.463 e. The highest BCUT2D eigenvalue weighted by Crippen LogP contribution is 2.32. The fourth-order valence-electron chi connectivity index (χ4n) is 4.41. The molecule has 218 valence electrons. The van der Waals surface area contributed by atoms with Gasteiger partial charge in [0.2, 0.25) is 17.8 Å². The van der Waals surface area contributed by atoms with Crippen LogP contribution < -0.4 is 10.2 Å². The van der Waals surface area contributed by atoms with Gasteiger partial charge in [-0.2, -0.15) is 0 Å². The first-order chi connectivity index (χ1) is 19.4. The van der Waals surface area contributed by atoms with Crippen molar-refractivity contribution in [2.75, 3.05) is 6.61 Å². The van der Waals surface area contributed by atoms with Crippen molar-refractivity contribution in [3.05, 3.63) is 45.1 Å². The third-order valence-electron chi connectivity index (χ3n) is 5.93. The second-order valence-corrected chi connectivity index (χ2v) is 9.80. The standard InChI is InChI=1S/C27H27NO12S/c1-12-22(19-10-41-11-28-19)23(33)18-7-6-17(8-20(18)35-12)39-27-26(38-16(5)32)25(37-15(4)31)24(36-14(3)30)21(40-27)9-34-13(2)29/h6-8,10-11,21,24-27H,9H2,1-5H3/t21-,24+,25-,26-,27+/m0/s1. The Hall–Kier alpha value is -4.30. The number of benzene rings is 1. The Kier molecular flexibility index (Phi) is 9.03. The van der Waals surface area contributed by atoms with Crippen molar-refractivity contribution < 1.29 is 52.0 Å². The van der Waals surface area contributed by atoms with Crippen molar-refractivity contribution in [3.63, 3.8) is 0 Å². The quantitative estimate of drug-likeness (QED) is 0.278. The van der Waals surface area contributed by atoms with Crippen LogP contribution in [0, 0.1) is 6.92 Å². The molecule has 0 radical (unpaired) electrons. The van der Waals surface area contributed by atoms with Gasteiger partial charge in [0.1, 0.15) is 29.8 Å². The van der Waals surface area contributed by atoms with E-state index in [2.05, 4.69) is 4.98 Å². The van der Waals surface area contributed by atoms with Gasteiger partial charge in [-0.25, -0.2) is 4.98 Å². The number of hydrogen-bond acceptors (Lipinski definition) is 14. The van der Waals surface area contributed by atoms with E-state index in [1.807, 2.05) is 0 Å². The van der Waals surface area contributed by atoms with Crippen LogP contribution in [0.15, 0.2) is 38.3 Å². The lowest BCUT2D eigenvalue weighted by molar-refractivity contribution is -0.288. The summed E-state index contributed by atoms with van der Waals surface area (Å²) < 4.78 is 39.1. The highest BCUT2D eigenvalue weighted by Gasteiger charge is 2.53. The second kappa shape index (κ2) is 12.5. The molecule has 1 aromatic carbocycles. The van der Waals surface area contributed by atoms with E-state index >= 15 is 0 Å². The summed E-state index contributed by atoms with van der Waals surface area (Å²) in [6.45, 7) is 5.79. The van der Waals surface area contributed by atoms with E-state index in [1.54, 1.807) is 17.8 Å². The summed E-state index contributed by atoms with van der Waals surface area (Å²) >= 11 is 1.35. The summed E-state index contributed by atoms with van der Waals surface area (Å²) in [5, 5.41) is 2.01. The second-order valence-electron chi connectivity index (χ2n) is 9.08. The fraction of sp³-hybridized carbons (Fsp3) is 0.407. The number of aromatic nitrogens is 1. The molecule has 0 aliphatic carbocycles. The van der Waals surface area contributed by atoms with Crippen LogP contribution in [-0.2, 0) is 42.9 Å². The van der Waals surface area contributed by atoms with Crippen LogP contribution in [0.2, 0.25) is 0 Å². The zero-order chi connectivity index (χ0) is 29.8. The molecule has 13 nitrogen and oxygen atoms in total. The van der Waals surface area contributed by atoms with Gasteiger partial charge in [-0.3, -0.25) is 24.0 Å². The van der Waals surface area contributed by atoms with Gasteiger partial charge in [0.05, 0.1) is 22.2 Å². The van der Waals surface area contributed by atoms with Crippen LogP contribution in [0.4, 0.5) is 0 Å². The Bertz CT molecular complexity index is 1510. The van der Waals surface area contributed by atoms with E-state index < -0.39 is 61.2 Å². The van der Waals surface area contributed by atoms with Crippen LogP contribution in [0.3, 0.4) is 0 Å². The molecule has 0 bridgehead atoms. The summed E-state index contributed by atoms with van der Waals surface area (Å²) in [6.07, 6.45) is -6.73. The maximum absolute atomic E-state index is 13.2. The van der Waals surface area contributed by atoms with Gasteiger partial charge >= 0.3 is 23.9 Å². The van der Waals surface area contributed by atoms with Gasteiger partial charge in [0.25, 0.3) is 0 Å². The van der Waals surface area contributed by atoms with Crippen molar-refractivity contribution in [1.82, 2.24) is 4.98 Å². The monoisotopic (exact) mass is 589 g/mol. The van der Waals surface area contributed by atoms with Gasteiger partial charge < -0.3 is 32.8 Å². The van der Waals surface area contributed by atoms with Crippen molar-refractivity contribution in [3.8, 4) is 17.0 Å². The Morgan fingerprint density at radius 2 is 1.59 bits per heavy atom. The summed E-state index contributed by atoms with van der Waals surface area (Å²) in [4.78, 5) is 64.9. The minimum absolute atomic E-state index is 0.141. The molecular weight excluding hydrogens is 562 g/mol. The van der Waals surface area contributed by atoms with E-state index in [0.717, 1.165) is 20.8 Å². The van der Waals surface area contributed by atoms with E-state index in [1.165, 1.54) is 36.5 Å². The number of esters is 4. The first-order valence-electron chi connectivity index (χ1n) is 12.4. The molecule has 1 fully saturated rings. The molecule has 14 heteroatoms. The summed E-state index contributed by atoms with van der Waals surface area (Å²) in [7, 11) is 0. The number of rotatable bonds is 8. The molecule has 1 aliphatic rings. The van der Waals surface area contributed by atoms with E-state index in [4.69, 9.17) is 32.8 Å². The Morgan fingerprint density at radius 3 is 2.20 bits per heavy atom. The first-order valence-corrected chi connectivity index (χ1v) is 13.3. The van der Waals surface area contributed by atoms with Crippen LogP contribution >= 0.6 is 11.3 Å². The molecule has 1 saturated heterocycles. The van der Waals surface area contributed by atoms with Crippen molar-refractivity contribution >= 4 is 46.2 Å². The van der Waals surface area contributed by atoms with Crippen molar-refractivity contribution in [2.24, 2.45) is 0 Å². The van der Waals surface area contributed by atoms with Gasteiger partial charge in [0.15, 0.2) is 12.2 Å². The van der Waals surface area contributed by atoms with Crippen LogP contribution in [0.5, 0.6) is 5.75 Å². The fourth-order valence-corrected chi connectivity index (χ4v) is 4.95. The average Bonchev–Trinajstić information content (AvgIpc) is 3.40. The van der Waals surface area contributed by atoms with Crippen molar-refractivity contribution in [2.45, 2.75) is 65.3 Å². The van der Waals surface area contributed by atoms with E-state index in [-0.39, 0.29) is 22.1 Å². The molecule has 2 aromatic heterocycles. The molecule has 5 atom stereocenters. The van der Waals surface area contributed by atoms with Gasteiger partial charge in [-0.05, 0) is 19.1 Å². The SMILES string of the molecule is CC(=O)OC[C@@H]1O[C@@H](Oc2ccc3c(=O)c(-c4cscn4)c(C)oc3c2)[C@@H](OC(C)=O)[C@@H](OC(C)=O)[C@@H]1OC(C)=O. The zero-order valence-electron chi connectivity index (χ0n) is 22.7. The predicted molar refractivity (Wildman–Crippen MR) is 141 cm³/mol. The highest BCUT2D eigenvalue weighted by atomic mass is 32.1. The number of ether oxygens (including phenoxy) is 6. The number of hydrogen-bond donors (Lipinski definition) is 0. The molecule has 41 heavy (non-hydrogen) atoms. The third kappa shape index (κ3) is 6.89. The van der Waals surface area contributed by atoms with Gasteiger partial charge in [-0.1, -0.05) is 0 Å². The number of nitrogens with zero attached hydrogens (tertiary/aromatic N) is 1. The number of aryl methyl sites for hydroxylation is 1. The van der Waals surface area contributed by atoms with Crippen LogP contribution in [-0.4, -0.2) is 66.2 Å². The predicted octanol–water partition coefficient (Wildman–Crippen LogP) is 2.69. The lowest BCUT2D eigenvalue weighted by Crippen LogP contribution is -2.63. The van der Waals surface area contributed by atoms with E-state index in [0.29, 0.717) is 17.0 Å². The first kappa shape index (κ1) is 29.7. The van der Waals surface area contributed by atoms with Crippen molar-refractivity contribution in [1.29, 1.82) is 0 Å². The number of carbonyl (C=O) groups is 4. The Morgan fingerprint density at radius 1 is 0.927 bits per heavy atom. The molecule has 0 saturated carbocycles. The summed E-state index contributed by atoms with van der Waals surface area (Å²) in [6, 6.07) is 4.42. The molecule has 0 unspecified atom stereocenters. The molecular formula is C27H27NO12S. The minimum atomic E-state index is -1.44. The molecule has 3 aromatic rings. The molecule has 4 rings (SSSR count). The number of fused-ring (bicyclic) bond motifs is 1. The Labute approximate surface area is 237 Å². The normalized spacial score (nSPS) is 22.0. The average molecular weight is 590 g/mol. The zero-order valence-corrected chi connectivity index (χ0v) is 23.6. The number of thiazole rings is 1. The highest BCUT2D eigenvalue weighted by molar-refractivity contribution is 7.07. The van der Waals surface area contributed by atoms with E-state index in [9.17, 15) is 24.0 Å². The summed E-state index contributed by atoms with van der Waals surface area (Å²) in [5.74, 6) is -2.44. The van der Waals surface area contributed by atoms with Gasteiger partial charge in [0, 0.05) is 39.1 Å².